The van der Waals surface area contributed by atoms with Gasteiger partial charge in [-0.25, -0.2) is 18.7 Å². The van der Waals surface area contributed by atoms with Crippen molar-refractivity contribution in [3.8, 4) is 28.9 Å². The van der Waals surface area contributed by atoms with E-state index in [1.807, 2.05) is 0 Å². The maximum Gasteiger partial charge on any atom is 0.322 e. The van der Waals surface area contributed by atoms with Crippen molar-refractivity contribution in [2.24, 2.45) is 0 Å². The van der Waals surface area contributed by atoms with Crippen molar-refractivity contribution in [3.63, 3.8) is 0 Å². The SMILES string of the molecule is COc1ccc(-c2cnc(Oc3cc(F)ccc3F)nc2)nn1. The molecule has 0 fully saturated rings. The van der Waals surface area contributed by atoms with Crippen molar-refractivity contribution >= 4 is 0 Å². The van der Waals surface area contributed by atoms with Crippen molar-refractivity contribution < 1.29 is 18.3 Å². The number of aromatic nitrogens is 4. The average molecular weight is 316 g/mol. The summed E-state index contributed by atoms with van der Waals surface area (Å²) in [5, 5.41) is 7.79. The highest BCUT2D eigenvalue weighted by Crippen LogP contribution is 2.23. The lowest BCUT2D eigenvalue weighted by Crippen LogP contribution is -1.96. The van der Waals surface area contributed by atoms with E-state index in [0.717, 1.165) is 18.2 Å². The number of ether oxygens (including phenoxy) is 2. The van der Waals surface area contributed by atoms with Crippen LogP contribution in [-0.4, -0.2) is 27.3 Å². The number of methoxy groups -OCH3 is 1. The van der Waals surface area contributed by atoms with E-state index in [4.69, 9.17) is 9.47 Å². The molecule has 0 radical (unpaired) electrons. The molecule has 3 rings (SSSR count). The van der Waals surface area contributed by atoms with E-state index in [9.17, 15) is 8.78 Å². The van der Waals surface area contributed by atoms with Crippen LogP contribution in [0.4, 0.5) is 8.78 Å². The minimum atomic E-state index is -0.708. The average Bonchev–Trinajstić information content (AvgIpc) is 2.59. The van der Waals surface area contributed by atoms with E-state index >= 15 is 0 Å². The number of nitrogens with zero attached hydrogens (tertiary/aromatic N) is 4. The predicted octanol–water partition coefficient (Wildman–Crippen LogP) is 3.01. The summed E-state index contributed by atoms with van der Waals surface area (Å²) in [6.45, 7) is 0. The molecule has 0 unspecified atom stereocenters. The van der Waals surface area contributed by atoms with Crippen LogP contribution in [0.15, 0.2) is 42.7 Å². The van der Waals surface area contributed by atoms with E-state index in [1.54, 1.807) is 12.1 Å². The van der Waals surface area contributed by atoms with E-state index in [0.29, 0.717) is 17.1 Å². The van der Waals surface area contributed by atoms with Gasteiger partial charge in [-0.1, -0.05) is 0 Å². The maximum atomic E-state index is 13.5. The van der Waals surface area contributed by atoms with Crippen molar-refractivity contribution in [2.45, 2.75) is 0 Å². The normalized spacial score (nSPS) is 10.4. The van der Waals surface area contributed by atoms with Gasteiger partial charge in [0.05, 0.1) is 12.8 Å². The Hall–Kier alpha value is -3.16. The quantitative estimate of drug-likeness (QED) is 0.737. The highest BCUT2D eigenvalue weighted by molar-refractivity contribution is 5.56. The molecular formula is C15H10F2N4O2. The van der Waals surface area contributed by atoms with Gasteiger partial charge in [0.2, 0.25) is 5.88 Å². The Morgan fingerprint density at radius 3 is 2.39 bits per heavy atom. The summed E-state index contributed by atoms with van der Waals surface area (Å²) in [6, 6.07) is 6.11. The molecule has 8 heteroatoms. The molecule has 2 aromatic heterocycles. The van der Waals surface area contributed by atoms with Crippen LogP contribution in [0.1, 0.15) is 0 Å². The second-order valence-corrected chi connectivity index (χ2v) is 4.39. The molecule has 1 aromatic carbocycles. The lowest BCUT2D eigenvalue weighted by molar-refractivity contribution is 0.392. The third-order valence-electron chi connectivity index (χ3n) is 2.87. The van der Waals surface area contributed by atoms with Crippen LogP contribution in [0.25, 0.3) is 11.3 Å². The summed E-state index contributed by atoms with van der Waals surface area (Å²) in [7, 11) is 1.49. The molecule has 23 heavy (non-hydrogen) atoms. The van der Waals surface area contributed by atoms with Gasteiger partial charge in [-0.05, 0) is 18.2 Å². The van der Waals surface area contributed by atoms with Crippen LogP contribution >= 0.6 is 0 Å². The summed E-state index contributed by atoms with van der Waals surface area (Å²) in [5.41, 5.74) is 1.13. The fourth-order valence-electron chi connectivity index (χ4n) is 1.74. The molecule has 0 atom stereocenters. The molecule has 0 bridgehead atoms. The van der Waals surface area contributed by atoms with Crippen LogP contribution in [0, 0.1) is 11.6 Å². The highest BCUT2D eigenvalue weighted by Gasteiger charge is 2.09. The number of hydrogen-bond donors (Lipinski definition) is 0. The molecule has 0 aliphatic rings. The number of rotatable bonds is 4. The molecule has 116 valence electrons. The van der Waals surface area contributed by atoms with Gasteiger partial charge in [-0.3, -0.25) is 0 Å². The van der Waals surface area contributed by atoms with Gasteiger partial charge < -0.3 is 9.47 Å². The first-order valence-electron chi connectivity index (χ1n) is 6.49. The summed E-state index contributed by atoms with van der Waals surface area (Å²) in [4.78, 5) is 7.88. The molecule has 0 saturated carbocycles. The first-order chi connectivity index (χ1) is 11.2. The topological polar surface area (TPSA) is 70.0 Å². The summed E-state index contributed by atoms with van der Waals surface area (Å²) in [6.07, 6.45) is 2.88. The van der Waals surface area contributed by atoms with Crippen LogP contribution in [0.3, 0.4) is 0 Å². The smallest absolute Gasteiger partial charge is 0.322 e. The number of halogens is 2. The zero-order valence-electron chi connectivity index (χ0n) is 11.9. The van der Waals surface area contributed by atoms with Gasteiger partial charge in [0, 0.05) is 30.1 Å². The maximum absolute atomic E-state index is 13.5. The Labute approximate surface area is 129 Å². The first kappa shape index (κ1) is 14.8. The standard InChI is InChI=1S/C15H10F2N4O2/c1-22-14-5-4-12(20-21-14)9-7-18-15(19-8-9)23-13-6-10(16)2-3-11(13)17/h2-8H,1H3. The largest absolute Gasteiger partial charge is 0.480 e. The zero-order valence-corrected chi connectivity index (χ0v) is 11.9. The molecule has 6 nitrogen and oxygen atoms in total. The van der Waals surface area contributed by atoms with E-state index in [-0.39, 0.29) is 11.8 Å². The van der Waals surface area contributed by atoms with Crippen molar-refractivity contribution in [1.29, 1.82) is 0 Å². The lowest BCUT2D eigenvalue weighted by Gasteiger charge is -2.05. The Morgan fingerprint density at radius 2 is 1.74 bits per heavy atom. The fraction of sp³-hybridized carbons (Fsp3) is 0.0667. The minimum Gasteiger partial charge on any atom is -0.480 e. The second kappa shape index (κ2) is 6.30. The van der Waals surface area contributed by atoms with E-state index in [2.05, 4.69) is 20.2 Å². The van der Waals surface area contributed by atoms with Gasteiger partial charge in [0.1, 0.15) is 5.82 Å². The molecule has 0 N–H and O–H groups in total. The fourth-order valence-corrected chi connectivity index (χ4v) is 1.74. The summed E-state index contributed by atoms with van der Waals surface area (Å²) >= 11 is 0. The van der Waals surface area contributed by atoms with E-state index < -0.39 is 11.6 Å². The Kier molecular flexibility index (Phi) is 4.05. The molecule has 0 aliphatic carbocycles. The predicted molar refractivity (Wildman–Crippen MR) is 76.0 cm³/mol. The lowest BCUT2D eigenvalue weighted by atomic mass is 10.2. The van der Waals surface area contributed by atoms with Crippen LogP contribution in [0.5, 0.6) is 17.6 Å². The highest BCUT2D eigenvalue weighted by atomic mass is 19.1. The van der Waals surface area contributed by atoms with Gasteiger partial charge in [0.15, 0.2) is 11.6 Å². The first-order valence-corrected chi connectivity index (χ1v) is 6.49. The van der Waals surface area contributed by atoms with Crippen LogP contribution < -0.4 is 9.47 Å². The van der Waals surface area contributed by atoms with Crippen LogP contribution in [0.2, 0.25) is 0 Å². The Morgan fingerprint density at radius 1 is 0.957 bits per heavy atom. The monoisotopic (exact) mass is 316 g/mol. The molecule has 0 saturated heterocycles. The summed E-state index contributed by atoms with van der Waals surface area (Å²) < 4.78 is 36.6. The third-order valence-corrected chi connectivity index (χ3v) is 2.87. The summed E-state index contributed by atoms with van der Waals surface area (Å²) in [5.74, 6) is -1.23. The zero-order chi connectivity index (χ0) is 16.2. The molecule has 2 heterocycles. The van der Waals surface area contributed by atoms with Gasteiger partial charge >= 0.3 is 6.01 Å². The van der Waals surface area contributed by atoms with E-state index in [1.165, 1.54) is 19.5 Å². The molecule has 0 amide bonds. The van der Waals surface area contributed by atoms with Gasteiger partial charge in [-0.15, -0.1) is 10.2 Å². The van der Waals surface area contributed by atoms with Crippen molar-refractivity contribution in [3.05, 3.63) is 54.4 Å². The molecule has 3 aromatic rings. The second-order valence-electron chi connectivity index (χ2n) is 4.39. The van der Waals surface area contributed by atoms with Crippen LogP contribution in [-0.2, 0) is 0 Å². The van der Waals surface area contributed by atoms with Crippen molar-refractivity contribution in [1.82, 2.24) is 20.2 Å². The molecular weight excluding hydrogens is 306 g/mol. The minimum absolute atomic E-state index is 0.111. The number of benzene rings is 1. The number of hydrogen-bond acceptors (Lipinski definition) is 6. The molecule has 0 spiro atoms. The van der Waals surface area contributed by atoms with Crippen molar-refractivity contribution in [2.75, 3.05) is 7.11 Å². The Bertz CT molecular complexity index is 811. The van der Waals surface area contributed by atoms with Gasteiger partial charge in [0.25, 0.3) is 0 Å². The third kappa shape index (κ3) is 3.37. The Balaban J connectivity index is 1.80. The molecule has 0 aliphatic heterocycles. The van der Waals surface area contributed by atoms with Gasteiger partial charge in [-0.2, -0.15) is 0 Å².